The first kappa shape index (κ1) is 14.4. The van der Waals surface area contributed by atoms with Crippen molar-refractivity contribution in [2.24, 2.45) is 0 Å². The molecule has 1 unspecified atom stereocenters. The third-order valence-electron chi connectivity index (χ3n) is 3.88. The van der Waals surface area contributed by atoms with Gasteiger partial charge in [-0.2, -0.15) is 0 Å². The normalized spacial score (nSPS) is 13.5. The summed E-state index contributed by atoms with van der Waals surface area (Å²) in [5, 5.41) is 21.2. The van der Waals surface area contributed by atoms with Crippen LogP contribution >= 0.6 is 0 Å². The molecule has 0 aliphatic heterocycles. The Hall–Kier alpha value is -2.58. The van der Waals surface area contributed by atoms with Crippen LogP contribution in [0.5, 0.6) is 5.75 Å². The zero-order chi connectivity index (χ0) is 15.4. The minimum atomic E-state index is -1.18. The van der Waals surface area contributed by atoms with Gasteiger partial charge in [0.25, 0.3) is 0 Å². The van der Waals surface area contributed by atoms with E-state index in [1.807, 2.05) is 66.7 Å². The Labute approximate surface area is 130 Å². The molecule has 0 amide bonds. The average molecular weight is 290 g/mol. The lowest BCUT2D eigenvalue weighted by Gasteiger charge is -2.30. The molecule has 2 nitrogen and oxygen atoms in total. The predicted molar refractivity (Wildman–Crippen MR) is 87.7 cm³/mol. The first-order valence-electron chi connectivity index (χ1n) is 7.30. The summed E-state index contributed by atoms with van der Waals surface area (Å²) in [5.41, 5.74) is 1.35. The van der Waals surface area contributed by atoms with Gasteiger partial charge in [-0.05, 0) is 28.8 Å². The molecule has 3 aromatic carbocycles. The predicted octanol–water partition coefficient (Wildman–Crippen LogP) is 3.87. The lowest BCUT2D eigenvalue weighted by atomic mass is 9.81. The summed E-state index contributed by atoms with van der Waals surface area (Å²) in [6.07, 6.45) is 0.446. The van der Waals surface area contributed by atoms with E-state index in [-0.39, 0.29) is 5.75 Å². The van der Waals surface area contributed by atoms with E-state index < -0.39 is 5.60 Å². The van der Waals surface area contributed by atoms with E-state index in [0.717, 1.165) is 11.1 Å². The van der Waals surface area contributed by atoms with Crippen LogP contribution in [0.15, 0.2) is 84.9 Å². The fourth-order valence-electron chi connectivity index (χ4n) is 2.74. The van der Waals surface area contributed by atoms with Crippen molar-refractivity contribution in [3.63, 3.8) is 0 Å². The zero-order valence-corrected chi connectivity index (χ0v) is 12.2. The summed E-state index contributed by atoms with van der Waals surface area (Å²) in [6.45, 7) is 0. The van der Waals surface area contributed by atoms with Crippen molar-refractivity contribution in [2.45, 2.75) is 12.0 Å². The smallest absolute Gasteiger partial charge is 0.119 e. The second kappa shape index (κ2) is 6.04. The highest BCUT2D eigenvalue weighted by Gasteiger charge is 2.32. The molecule has 0 saturated heterocycles. The molecule has 2 heteroatoms. The van der Waals surface area contributed by atoms with Gasteiger partial charge < -0.3 is 10.2 Å². The molecule has 0 spiro atoms. The Morgan fingerprint density at radius 3 is 1.91 bits per heavy atom. The van der Waals surface area contributed by atoms with E-state index in [0.29, 0.717) is 12.0 Å². The molecule has 0 radical (unpaired) electrons. The van der Waals surface area contributed by atoms with Crippen LogP contribution < -0.4 is 0 Å². The zero-order valence-electron chi connectivity index (χ0n) is 12.2. The molecule has 0 saturated carbocycles. The van der Waals surface area contributed by atoms with Crippen molar-refractivity contribution >= 4 is 0 Å². The van der Waals surface area contributed by atoms with Gasteiger partial charge in [0, 0.05) is 6.42 Å². The van der Waals surface area contributed by atoms with Crippen molar-refractivity contribution in [3.05, 3.63) is 102 Å². The molecule has 3 aromatic rings. The van der Waals surface area contributed by atoms with E-state index in [1.165, 1.54) is 0 Å². The highest BCUT2D eigenvalue weighted by atomic mass is 16.3. The maximum Gasteiger partial charge on any atom is 0.119 e. The van der Waals surface area contributed by atoms with Gasteiger partial charge in [-0.15, -0.1) is 0 Å². The number of benzene rings is 3. The number of phenolic OH excluding ortho intramolecular Hbond substituents is 1. The van der Waals surface area contributed by atoms with Crippen LogP contribution in [0.25, 0.3) is 0 Å². The summed E-state index contributed by atoms with van der Waals surface area (Å²) in [4.78, 5) is 0. The topological polar surface area (TPSA) is 40.5 Å². The Balaban J connectivity index is 2.10. The Kier molecular flexibility index (Phi) is 3.94. The molecule has 0 aromatic heterocycles. The molecule has 2 N–H and O–H groups in total. The Morgan fingerprint density at radius 1 is 0.682 bits per heavy atom. The third kappa shape index (κ3) is 2.87. The Bertz CT molecular complexity index is 738. The number of rotatable bonds is 4. The summed E-state index contributed by atoms with van der Waals surface area (Å²) in [5.74, 6) is 0.153. The maximum absolute atomic E-state index is 11.4. The highest BCUT2D eigenvalue weighted by molar-refractivity contribution is 5.41. The minimum absolute atomic E-state index is 0.153. The standard InChI is InChI=1S/C20H18O2/c21-19-13-7-12-18(14-19)20(22,17-10-5-2-6-11-17)15-16-8-3-1-4-9-16/h1-14,21-22H,15H2. The molecule has 0 heterocycles. The van der Waals surface area contributed by atoms with E-state index in [4.69, 9.17) is 0 Å². The fourth-order valence-corrected chi connectivity index (χ4v) is 2.74. The number of phenols is 1. The monoisotopic (exact) mass is 290 g/mol. The van der Waals surface area contributed by atoms with Gasteiger partial charge in [0.2, 0.25) is 0 Å². The van der Waals surface area contributed by atoms with Crippen LogP contribution in [-0.2, 0) is 12.0 Å². The van der Waals surface area contributed by atoms with Crippen molar-refractivity contribution in [2.75, 3.05) is 0 Å². The van der Waals surface area contributed by atoms with Crippen molar-refractivity contribution in [3.8, 4) is 5.75 Å². The second-order valence-electron chi connectivity index (χ2n) is 5.44. The van der Waals surface area contributed by atoms with Crippen molar-refractivity contribution < 1.29 is 10.2 Å². The molecule has 0 aliphatic rings. The molecule has 0 bridgehead atoms. The minimum Gasteiger partial charge on any atom is -0.508 e. The molecule has 110 valence electrons. The van der Waals surface area contributed by atoms with Crippen LogP contribution in [0.1, 0.15) is 16.7 Å². The van der Waals surface area contributed by atoms with E-state index in [9.17, 15) is 10.2 Å². The SMILES string of the molecule is Oc1cccc(C(O)(Cc2ccccc2)c2ccccc2)c1. The maximum atomic E-state index is 11.4. The quantitative estimate of drug-likeness (QED) is 0.765. The highest BCUT2D eigenvalue weighted by Crippen LogP contribution is 2.34. The Morgan fingerprint density at radius 2 is 1.27 bits per heavy atom. The van der Waals surface area contributed by atoms with Gasteiger partial charge in [-0.3, -0.25) is 0 Å². The van der Waals surface area contributed by atoms with Gasteiger partial charge in [-0.25, -0.2) is 0 Å². The van der Waals surface area contributed by atoms with E-state index in [1.54, 1.807) is 18.2 Å². The third-order valence-corrected chi connectivity index (χ3v) is 3.88. The van der Waals surface area contributed by atoms with Gasteiger partial charge in [-0.1, -0.05) is 72.8 Å². The van der Waals surface area contributed by atoms with Crippen LogP contribution in [0, 0.1) is 0 Å². The van der Waals surface area contributed by atoms with Crippen LogP contribution in [0.3, 0.4) is 0 Å². The lowest BCUT2D eigenvalue weighted by molar-refractivity contribution is 0.0809. The number of hydrogen-bond donors (Lipinski definition) is 2. The number of hydrogen-bond acceptors (Lipinski definition) is 2. The summed E-state index contributed by atoms with van der Waals surface area (Å²) < 4.78 is 0. The van der Waals surface area contributed by atoms with E-state index in [2.05, 4.69) is 0 Å². The second-order valence-corrected chi connectivity index (χ2v) is 5.44. The summed E-state index contributed by atoms with van der Waals surface area (Å²) in [6, 6.07) is 26.3. The first-order valence-corrected chi connectivity index (χ1v) is 7.30. The van der Waals surface area contributed by atoms with Gasteiger partial charge in [0.15, 0.2) is 0 Å². The molecule has 0 fully saturated rings. The van der Waals surface area contributed by atoms with Gasteiger partial charge in [0.05, 0.1) is 0 Å². The lowest BCUT2D eigenvalue weighted by Crippen LogP contribution is -2.30. The summed E-state index contributed by atoms with van der Waals surface area (Å²) >= 11 is 0. The van der Waals surface area contributed by atoms with E-state index >= 15 is 0 Å². The van der Waals surface area contributed by atoms with Crippen molar-refractivity contribution in [1.29, 1.82) is 0 Å². The molecule has 1 atom stereocenters. The van der Waals surface area contributed by atoms with Crippen molar-refractivity contribution in [1.82, 2.24) is 0 Å². The molecule has 22 heavy (non-hydrogen) atoms. The molecule has 3 rings (SSSR count). The molecule has 0 aliphatic carbocycles. The fraction of sp³-hybridized carbons (Fsp3) is 0.100. The van der Waals surface area contributed by atoms with Gasteiger partial charge >= 0.3 is 0 Å². The number of aliphatic hydroxyl groups is 1. The van der Waals surface area contributed by atoms with Crippen LogP contribution in [0.4, 0.5) is 0 Å². The average Bonchev–Trinajstić information content (AvgIpc) is 2.56. The number of aromatic hydroxyl groups is 1. The van der Waals surface area contributed by atoms with Crippen LogP contribution in [-0.4, -0.2) is 10.2 Å². The largest absolute Gasteiger partial charge is 0.508 e. The van der Waals surface area contributed by atoms with Gasteiger partial charge in [0.1, 0.15) is 11.4 Å². The first-order chi connectivity index (χ1) is 10.7. The summed E-state index contributed by atoms with van der Waals surface area (Å²) in [7, 11) is 0. The molecular weight excluding hydrogens is 272 g/mol. The van der Waals surface area contributed by atoms with Crippen LogP contribution in [0.2, 0.25) is 0 Å². The molecular formula is C20H18O2.